The molecule has 2 rings (SSSR count). The van der Waals surface area contributed by atoms with E-state index in [2.05, 4.69) is 0 Å². The van der Waals surface area contributed by atoms with E-state index in [0.29, 0.717) is 29.8 Å². The van der Waals surface area contributed by atoms with E-state index >= 15 is 0 Å². The van der Waals surface area contributed by atoms with Gasteiger partial charge in [0.05, 0.1) is 4.90 Å². The molecule has 1 saturated heterocycles. The summed E-state index contributed by atoms with van der Waals surface area (Å²) in [6.45, 7) is 3.11. The number of hydrogen-bond acceptors (Lipinski definition) is 2. The van der Waals surface area contributed by atoms with E-state index in [1.165, 1.54) is 0 Å². The smallest absolute Gasteiger partial charge is 0.207 e. The summed E-state index contributed by atoms with van der Waals surface area (Å²) in [7, 11) is -3.32. The molecular formula is C13H18ClNO2S. The molecule has 1 atom stereocenters. The van der Waals surface area contributed by atoms with Gasteiger partial charge in [0.2, 0.25) is 10.0 Å². The lowest BCUT2D eigenvalue weighted by Crippen LogP contribution is -2.29. The molecule has 1 unspecified atom stereocenters. The van der Waals surface area contributed by atoms with Crippen LogP contribution in [-0.4, -0.2) is 31.7 Å². The fourth-order valence-corrected chi connectivity index (χ4v) is 4.28. The highest BCUT2D eigenvalue weighted by Gasteiger charge is 2.32. The standard InChI is InChI=1S/C13H18ClNO2S/c1-11-3-2-4-13(9-11)18(16,17)15-8-6-12(10-15)5-7-14/h2-4,9,12H,5-8,10H2,1H3. The van der Waals surface area contributed by atoms with E-state index in [-0.39, 0.29) is 0 Å². The van der Waals surface area contributed by atoms with Gasteiger partial charge in [0.1, 0.15) is 0 Å². The Hall–Kier alpha value is -0.580. The Morgan fingerprint density at radius 3 is 2.89 bits per heavy atom. The maximum atomic E-state index is 12.4. The Morgan fingerprint density at radius 1 is 1.44 bits per heavy atom. The molecule has 0 amide bonds. The van der Waals surface area contributed by atoms with Crippen molar-refractivity contribution in [2.24, 2.45) is 5.92 Å². The third-order valence-electron chi connectivity index (χ3n) is 3.39. The first-order valence-corrected chi connectivity index (χ1v) is 8.14. The molecule has 100 valence electrons. The SMILES string of the molecule is Cc1cccc(S(=O)(=O)N2CCC(CCCl)C2)c1. The molecule has 0 radical (unpaired) electrons. The van der Waals surface area contributed by atoms with Crippen LogP contribution < -0.4 is 0 Å². The van der Waals surface area contributed by atoms with Crippen molar-refractivity contribution >= 4 is 21.6 Å². The van der Waals surface area contributed by atoms with Crippen molar-refractivity contribution in [1.29, 1.82) is 0 Å². The molecule has 0 N–H and O–H groups in total. The van der Waals surface area contributed by atoms with Crippen molar-refractivity contribution in [3.05, 3.63) is 29.8 Å². The maximum Gasteiger partial charge on any atom is 0.243 e. The molecule has 1 aromatic rings. The van der Waals surface area contributed by atoms with E-state index < -0.39 is 10.0 Å². The average Bonchev–Trinajstić information content (AvgIpc) is 2.79. The summed E-state index contributed by atoms with van der Waals surface area (Å²) in [4.78, 5) is 0.397. The lowest BCUT2D eigenvalue weighted by molar-refractivity contribution is 0.453. The molecule has 0 bridgehead atoms. The molecule has 0 aromatic heterocycles. The Morgan fingerprint density at radius 2 is 2.22 bits per heavy atom. The van der Waals surface area contributed by atoms with Gasteiger partial charge >= 0.3 is 0 Å². The topological polar surface area (TPSA) is 37.4 Å². The van der Waals surface area contributed by atoms with Crippen LogP contribution in [0.4, 0.5) is 0 Å². The molecule has 0 aliphatic carbocycles. The third-order valence-corrected chi connectivity index (χ3v) is 5.47. The van der Waals surface area contributed by atoms with Crippen LogP contribution in [0.1, 0.15) is 18.4 Å². The van der Waals surface area contributed by atoms with Gasteiger partial charge in [-0.25, -0.2) is 8.42 Å². The van der Waals surface area contributed by atoms with E-state index in [0.717, 1.165) is 18.4 Å². The molecule has 1 heterocycles. The minimum Gasteiger partial charge on any atom is -0.207 e. The average molecular weight is 288 g/mol. The van der Waals surface area contributed by atoms with Crippen LogP contribution in [0.2, 0.25) is 0 Å². The first-order chi connectivity index (χ1) is 8.54. The minimum atomic E-state index is -3.32. The summed E-state index contributed by atoms with van der Waals surface area (Å²) in [5.41, 5.74) is 0.965. The van der Waals surface area contributed by atoms with Gasteiger partial charge in [0.15, 0.2) is 0 Å². The van der Waals surface area contributed by atoms with Gasteiger partial charge in [0, 0.05) is 19.0 Å². The number of halogens is 1. The predicted molar refractivity (Wildman–Crippen MR) is 73.4 cm³/mol. The normalized spacial score (nSPS) is 21.3. The lowest BCUT2D eigenvalue weighted by atomic mass is 10.1. The number of alkyl halides is 1. The van der Waals surface area contributed by atoms with Crippen LogP contribution >= 0.6 is 11.6 Å². The fourth-order valence-electron chi connectivity index (χ4n) is 2.33. The fraction of sp³-hybridized carbons (Fsp3) is 0.538. The second-order valence-electron chi connectivity index (χ2n) is 4.81. The van der Waals surface area contributed by atoms with Crippen molar-refractivity contribution in [1.82, 2.24) is 4.31 Å². The zero-order chi connectivity index (χ0) is 13.2. The highest BCUT2D eigenvalue weighted by molar-refractivity contribution is 7.89. The zero-order valence-electron chi connectivity index (χ0n) is 10.5. The summed E-state index contributed by atoms with van der Waals surface area (Å²) in [5, 5.41) is 0. The second-order valence-corrected chi connectivity index (χ2v) is 7.13. The molecule has 1 aromatic carbocycles. The number of benzene rings is 1. The number of nitrogens with zero attached hydrogens (tertiary/aromatic N) is 1. The summed E-state index contributed by atoms with van der Waals surface area (Å²) < 4.78 is 26.4. The van der Waals surface area contributed by atoms with Crippen molar-refractivity contribution in [3.63, 3.8) is 0 Å². The predicted octanol–water partition coefficient (Wildman–Crippen LogP) is 2.63. The molecule has 0 spiro atoms. The van der Waals surface area contributed by atoms with Gasteiger partial charge in [-0.2, -0.15) is 4.31 Å². The summed E-state index contributed by atoms with van der Waals surface area (Å²) in [5.74, 6) is 1.00. The van der Waals surface area contributed by atoms with Gasteiger partial charge in [0.25, 0.3) is 0 Å². The van der Waals surface area contributed by atoms with E-state index in [1.54, 1.807) is 22.5 Å². The third kappa shape index (κ3) is 2.87. The minimum absolute atomic E-state index is 0.397. The summed E-state index contributed by atoms with van der Waals surface area (Å²) in [6, 6.07) is 7.08. The quantitative estimate of drug-likeness (QED) is 0.799. The Labute approximate surface area is 114 Å². The highest BCUT2D eigenvalue weighted by Crippen LogP contribution is 2.26. The molecule has 1 fully saturated rings. The van der Waals surface area contributed by atoms with Crippen molar-refractivity contribution in [2.45, 2.75) is 24.7 Å². The largest absolute Gasteiger partial charge is 0.243 e. The van der Waals surface area contributed by atoms with Crippen LogP contribution in [0.3, 0.4) is 0 Å². The summed E-state index contributed by atoms with van der Waals surface area (Å²) >= 11 is 5.71. The molecule has 0 saturated carbocycles. The highest BCUT2D eigenvalue weighted by atomic mass is 35.5. The number of hydrogen-bond donors (Lipinski definition) is 0. The zero-order valence-corrected chi connectivity index (χ0v) is 12.0. The molecule has 3 nitrogen and oxygen atoms in total. The van der Waals surface area contributed by atoms with Gasteiger partial charge in [-0.15, -0.1) is 11.6 Å². The number of sulfonamides is 1. The van der Waals surface area contributed by atoms with Crippen LogP contribution in [0.25, 0.3) is 0 Å². The first-order valence-electron chi connectivity index (χ1n) is 6.17. The number of aryl methyl sites for hydroxylation is 1. The monoisotopic (exact) mass is 287 g/mol. The van der Waals surface area contributed by atoms with E-state index in [9.17, 15) is 8.42 Å². The second kappa shape index (κ2) is 5.59. The Kier molecular flexibility index (Phi) is 4.30. The lowest BCUT2D eigenvalue weighted by Gasteiger charge is -2.16. The molecular weight excluding hydrogens is 270 g/mol. The van der Waals surface area contributed by atoms with Gasteiger partial charge < -0.3 is 0 Å². The van der Waals surface area contributed by atoms with Gasteiger partial charge in [-0.3, -0.25) is 0 Å². The van der Waals surface area contributed by atoms with E-state index in [4.69, 9.17) is 11.6 Å². The Bertz CT molecular complexity index is 515. The van der Waals surface area contributed by atoms with Crippen LogP contribution in [0.15, 0.2) is 29.2 Å². The summed E-state index contributed by atoms with van der Waals surface area (Å²) in [6.07, 6.45) is 1.80. The molecule has 5 heteroatoms. The van der Waals surface area contributed by atoms with Gasteiger partial charge in [-0.1, -0.05) is 12.1 Å². The Balaban J connectivity index is 2.18. The molecule has 1 aliphatic rings. The van der Waals surface area contributed by atoms with Crippen molar-refractivity contribution in [2.75, 3.05) is 19.0 Å². The maximum absolute atomic E-state index is 12.4. The van der Waals surface area contributed by atoms with Crippen LogP contribution in [0, 0.1) is 12.8 Å². The first kappa shape index (κ1) is 13.8. The van der Waals surface area contributed by atoms with E-state index in [1.807, 2.05) is 13.0 Å². The van der Waals surface area contributed by atoms with Gasteiger partial charge in [-0.05, 0) is 43.4 Å². The van der Waals surface area contributed by atoms with Crippen molar-refractivity contribution < 1.29 is 8.42 Å². The van der Waals surface area contributed by atoms with Crippen LogP contribution in [-0.2, 0) is 10.0 Å². The molecule has 1 aliphatic heterocycles. The number of rotatable bonds is 4. The molecule has 18 heavy (non-hydrogen) atoms. The van der Waals surface area contributed by atoms with Crippen LogP contribution in [0.5, 0.6) is 0 Å². The van der Waals surface area contributed by atoms with Crippen molar-refractivity contribution in [3.8, 4) is 0 Å².